The molecular formula is C54H96NO10P. The largest absolute Gasteiger partial charge is 0.480 e. The van der Waals surface area contributed by atoms with Gasteiger partial charge in [-0.3, -0.25) is 18.6 Å². The maximum Gasteiger partial charge on any atom is 0.472 e. The van der Waals surface area contributed by atoms with E-state index in [9.17, 15) is 34.1 Å². The number of hydrogen-bond donors (Lipinski definition) is 4. The fraction of sp³-hybridized carbons (Fsp3) is 0.759. The van der Waals surface area contributed by atoms with Gasteiger partial charge in [0.15, 0.2) is 6.04 Å². The van der Waals surface area contributed by atoms with Crippen LogP contribution in [0, 0.1) is 0 Å². The molecule has 0 bridgehead atoms. The van der Waals surface area contributed by atoms with E-state index < -0.39 is 57.6 Å². The first-order valence-electron chi connectivity index (χ1n) is 26.3. The highest BCUT2D eigenvalue weighted by Crippen LogP contribution is 2.43. The Balaban J connectivity index is 3.83. The van der Waals surface area contributed by atoms with Crippen molar-refractivity contribution < 1.29 is 47.8 Å². The zero-order chi connectivity index (χ0) is 48.4. The second-order valence-corrected chi connectivity index (χ2v) is 19.2. The molecule has 0 rings (SSSR count). The highest BCUT2D eigenvalue weighted by molar-refractivity contribution is 7.47. The van der Waals surface area contributed by atoms with E-state index in [-0.39, 0.29) is 12.8 Å². The third kappa shape index (κ3) is 47.7. The average Bonchev–Trinajstić information content (AvgIpc) is 3.29. The number of nitrogens with one attached hydrogen (secondary N) is 1. The van der Waals surface area contributed by atoms with Gasteiger partial charge in [-0.05, 0) is 83.5 Å². The molecule has 12 heteroatoms. The van der Waals surface area contributed by atoms with Crippen molar-refractivity contribution in [2.45, 2.75) is 244 Å². The Kier molecular flexibility index (Phi) is 46.6. The standard InChI is InChI=1S/C54H96NO10P/c1-3-5-7-9-11-13-15-17-19-21-23-24-25-26-28-30-32-34-36-38-40-42-44-46-53(58)63-47-50(56)48-64-66(61,62)65-49-51(54(59)60)55-52(57)45-43-41-39-37-35-33-31-29-27-22-20-18-16-14-12-10-8-6-4-2/h11-14,17-20,27,29,50-51,56H,3-10,15-16,21-26,28,30-49H2,1-2H3,(H,55,57)(H,59,60)(H,61,62)/b13-11-,14-12-,19-17-,20-18-,29-27-. The number of rotatable bonds is 49. The van der Waals surface area contributed by atoms with Crippen LogP contribution in [0.15, 0.2) is 60.8 Å². The van der Waals surface area contributed by atoms with Gasteiger partial charge in [-0.15, -0.1) is 0 Å². The van der Waals surface area contributed by atoms with Crippen molar-refractivity contribution in [1.29, 1.82) is 0 Å². The van der Waals surface area contributed by atoms with E-state index in [1.165, 1.54) is 116 Å². The first-order chi connectivity index (χ1) is 32.1. The number of carbonyl (C=O) groups excluding carboxylic acids is 2. The van der Waals surface area contributed by atoms with Gasteiger partial charge < -0.3 is 25.2 Å². The molecule has 4 N–H and O–H groups in total. The molecule has 66 heavy (non-hydrogen) atoms. The molecule has 0 saturated heterocycles. The Morgan fingerprint density at radius 1 is 0.485 bits per heavy atom. The van der Waals surface area contributed by atoms with E-state index in [1.807, 2.05) is 0 Å². The van der Waals surface area contributed by atoms with Crippen LogP contribution in [-0.4, -0.2) is 64.9 Å². The van der Waals surface area contributed by atoms with Crippen LogP contribution in [0.25, 0.3) is 0 Å². The molecule has 0 fully saturated rings. The number of amides is 1. The van der Waals surface area contributed by atoms with Gasteiger partial charge in [0.1, 0.15) is 12.7 Å². The Morgan fingerprint density at radius 3 is 1.24 bits per heavy atom. The monoisotopic (exact) mass is 950 g/mol. The van der Waals surface area contributed by atoms with Gasteiger partial charge in [0.25, 0.3) is 0 Å². The highest BCUT2D eigenvalue weighted by atomic mass is 31.2. The minimum absolute atomic E-state index is 0.129. The first-order valence-corrected chi connectivity index (χ1v) is 27.8. The second-order valence-electron chi connectivity index (χ2n) is 17.7. The predicted molar refractivity (Wildman–Crippen MR) is 272 cm³/mol. The molecule has 0 aliphatic rings. The van der Waals surface area contributed by atoms with E-state index in [0.29, 0.717) is 12.8 Å². The van der Waals surface area contributed by atoms with Crippen LogP contribution in [-0.2, 0) is 32.7 Å². The second kappa shape index (κ2) is 48.6. The molecule has 3 unspecified atom stereocenters. The molecule has 0 aromatic carbocycles. The maximum absolute atomic E-state index is 12.4. The maximum atomic E-state index is 12.4. The lowest BCUT2D eigenvalue weighted by Crippen LogP contribution is -2.43. The number of phosphoric ester groups is 1. The molecule has 0 heterocycles. The van der Waals surface area contributed by atoms with Crippen LogP contribution < -0.4 is 5.32 Å². The number of hydrogen-bond acceptors (Lipinski definition) is 8. The van der Waals surface area contributed by atoms with Crippen LogP contribution in [0.5, 0.6) is 0 Å². The molecule has 0 radical (unpaired) electrons. The number of aliphatic hydroxyl groups is 1. The summed E-state index contributed by atoms with van der Waals surface area (Å²) in [4.78, 5) is 46.1. The van der Waals surface area contributed by atoms with Crippen molar-refractivity contribution in [3.63, 3.8) is 0 Å². The summed E-state index contributed by atoms with van der Waals surface area (Å²) in [5.74, 6) is -2.39. The van der Waals surface area contributed by atoms with Crippen LogP contribution in [0.4, 0.5) is 0 Å². The van der Waals surface area contributed by atoms with Crippen molar-refractivity contribution in [3.8, 4) is 0 Å². The summed E-state index contributed by atoms with van der Waals surface area (Å²) < 4.78 is 27.0. The third-order valence-corrected chi connectivity index (χ3v) is 12.2. The number of ether oxygens (including phenoxy) is 1. The fourth-order valence-electron chi connectivity index (χ4n) is 7.18. The molecule has 0 aliphatic heterocycles. The number of phosphoric acid groups is 1. The van der Waals surface area contributed by atoms with E-state index in [0.717, 1.165) is 77.0 Å². The zero-order valence-electron chi connectivity index (χ0n) is 41.7. The van der Waals surface area contributed by atoms with Gasteiger partial charge >= 0.3 is 19.8 Å². The van der Waals surface area contributed by atoms with E-state index >= 15 is 0 Å². The molecule has 11 nitrogen and oxygen atoms in total. The van der Waals surface area contributed by atoms with Gasteiger partial charge in [0.2, 0.25) is 5.91 Å². The molecule has 0 spiro atoms. The number of esters is 1. The van der Waals surface area contributed by atoms with E-state index in [2.05, 4.69) is 79.9 Å². The van der Waals surface area contributed by atoms with Gasteiger partial charge in [0.05, 0.1) is 13.2 Å². The summed E-state index contributed by atoms with van der Waals surface area (Å²) in [5, 5.41) is 21.9. The molecule has 0 aromatic heterocycles. The summed E-state index contributed by atoms with van der Waals surface area (Å²) in [6.45, 7) is 2.56. The lowest BCUT2D eigenvalue weighted by atomic mass is 10.0. The third-order valence-electron chi connectivity index (χ3n) is 11.3. The van der Waals surface area contributed by atoms with Crippen molar-refractivity contribution >= 4 is 25.7 Å². The van der Waals surface area contributed by atoms with Gasteiger partial charge in [-0.25, -0.2) is 9.36 Å². The summed E-state index contributed by atoms with van der Waals surface area (Å²) in [6, 6.07) is -1.56. The van der Waals surface area contributed by atoms with Crippen LogP contribution >= 0.6 is 7.82 Å². The lowest BCUT2D eigenvalue weighted by molar-refractivity contribution is -0.147. The highest BCUT2D eigenvalue weighted by Gasteiger charge is 2.28. The topological polar surface area (TPSA) is 169 Å². The summed E-state index contributed by atoms with van der Waals surface area (Å²) in [5.41, 5.74) is 0. The van der Waals surface area contributed by atoms with E-state index in [1.54, 1.807) is 0 Å². The molecular weight excluding hydrogens is 854 g/mol. The minimum Gasteiger partial charge on any atom is -0.480 e. The number of allylic oxidation sites excluding steroid dienone is 10. The number of carbonyl (C=O) groups is 3. The van der Waals surface area contributed by atoms with Gasteiger partial charge in [-0.2, -0.15) is 0 Å². The van der Waals surface area contributed by atoms with Crippen molar-refractivity contribution in [2.24, 2.45) is 0 Å². The molecule has 0 aliphatic carbocycles. The Hall–Kier alpha value is -2.82. The molecule has 382 valence electrons. The normalized spacial score (nSPS) is 14.0. The Bertz CT molecular complexity index is 1350. The summed E-state index contributed by atoms with van der Waals surface area (Å²) in [7, 11) is -4.77. The molecule has 1 amide bonds. The quantitative estimate of drug-likeness (QED) is 0.0199. The predicted octanol–water partition coefficient (Wildman–Crippen LogP) is 14.7. The number of unbranched alkanes of at least 4 members (excludes halogenated alkanes) is 25. The zero-order valence-corrected chi connectivity index (χ0v) is 42.6. The van der Waals surface area contributed by atoms with E-state index in [4.69, 9.17) is 13.8 Å². The summed E-state index contributed by atoms with van der Waals surface area (Å²) >= 11 is 0. The molecule has 0 saturated carbocycles. The fourth-order valence-corrected chi connectivity index (χ4v) is 7.95. The molecule has 3 atom stereocenters. The minimum atomic E-state index is -4.77. The molecule has 0 aromatic rings. The number of aliphatic carboxylic acids is 1. The van der Waals surface area contributed by atoms with Crippen molar-refractivity contribution in [3.05, 3.63) is 60.8 Å². The van der Waals surface area contributed by atoms with Gasteiger partial charge in [0, 0.05) is 12.8 Å². The smallest absolute Gasteiger partial charge is 0.472 e. The van der Waals surface area contributed by atoms with Crippen molar-refractivity contribution in [1.82, 2.24) is 5.32 Å². The average molecular weight is 950 g/mol. The number of carboxylic acid groups (broad SMARTS) is 1. The van der Waals surface area contributed by atoms with Crippen LogP contribution in [0.3, 0.4) is 0 Å². The van der Waals surface area contributed by atoms with Gasteiger partial charge in [-0.1, -0.05) is 197 Å². The lowest BCUT2D eigenvalue weighted by Gasteiger charge is -2.18. The van der Waals surface area contributed by atoms with Crippen molar-refractivity contribution in [2.75, 3.05) is 19.8 Å². The number of carboxylic acids is 1. The SMILES string of the molecule is CCCCC/C=C\C/C=C\C/C=C\CCCCCCCCC(=O)NC(COP(=O)(O)OCC(O)COC(=O)CCCCCCCCCCCCCCC/C=C\C/C=C\CCCCC)C(=O)O. The Labute approximate surface area is 402 Å². The number of aliphatic hydroxyl groups excluding tert-OH is 1. The summed E-state index contributed by atoms with van der Waals surface area (Å²) in [6.07, 6.45) is 58.1. The first kappa shape index (κ1) is 63.2. The van der Waals surface area contributed by atoms with Crippen LogP contribution in [0.1, 0.15) is 232 Å². The Morgan fingerprint density at radius 2 is 0.833 bits per heavy atom. The van der Waals surface area contributed by atoms with Crippen LogP contribution in [0.2, 0.25) is 0 Å².